The van der Waals surface area contributed by atoms with Crippen LogP contribution in [0, 0.1) is 10.1 Å². The van der Waals surface area contributed by atoms with E-state index in [2.05, 4.69) is 25.6 Å². The van der Waals surface area contributed by atoms with Crippen LogP contribution >= 0.6 is 0 Å². The van der Waals surface area contributed by atoms with Crippen molar-refractivity contribution in [2.75, 3.05) is 17.7 Å². The molecule has 10 heteroatoms. The quantitative estimate of drug-likeness (QED) is 0.523. The fourth-order valence-corrected chi connectivity index (χ4v) is 2.86. The van der Waals surface area contributed by atoms with Crippen LogP contribution in [0.25, 0.3) is 0 Å². The van der Waals surface area contributed by atoms with Crippen molar-refractivity contribution in [2.24, 2.45) is 0 Å². The van der Waals surface area contributed by atoms with Crippen LogP contribution in [-0.2, 0) is 0 Å². The van der Waals surface area contributed by atoms with Crippen molar-refractivity contribution in [3.8, 4) is 5.88 Å². The molecule has 1 saturated carbocycles. The number of methoxy groups -OCH3 is 1. The highest BCUT2D eigenvalue weighted by Crippen LogP contribution is 2.29. The van der Waals surface area contributed by atoms with Gasteiger partial charge in [-0.3, -0.25) is 10.1 Å². The van der Waals surface area contributed by atoms with Gasteiger partial charge in [-0.05, 0) is 37.8 Å². The highest BCUT2D eigenvalue weighted by Gasteiger charge is 2.24. The maximum atomic E-state index is 11.3. The number of hydrogen-bond acceptors (Lipinski definition) is 9. The topological polar surface area (TPSA) is 135 Å². The predicted octanol–water partition coefficient (Wildman–Crippen LogP) is 2.25. The third-order valence-corrected chi connectivity index (χ3v) is 4.21. The van der Waals surface area contributed by atoms with Crippen LogP contribution in [0.4, 0.5) is 23.1 Å². The second kappa shape index (κ2) is 7.91. The minimum atomic E-state index is -0.519. The van der Waals surface area contributed by atoms with Gasteiger partial charge in [-0.25, -0.2) is 9.97 Å². The fourth-order valence-electron chi connectivity index (χ4n) is 2.86. The van der Waals surface area contributed by atoms with E-state index >= 15 is 0 Å². The van der Waals surface area contributed by atoms with Crippen LogP contribution in [0.3, 0.4) is 0 Å². The summed E-state index contributed by atoms with van der Waals surface area (Å²) < 4.78 is 5.16. The molecule has 138 valence electrons. The summed E-state index contributed by atoms with van der Waals surface area (Å²) in [6, 6.07) is 3.49. The Morgan fingerprint density at radius 3 is 2.77 bits per heavy atom. The van der Waals surface area contributed by atoms with Crippen LogP contribution in [0.15, 0.2) is 24.5 Å². The Labute approximate surface area is 149 Å². The molecule has 0 spiro atoms. The average molecular weight is 360 g/mol. The third kappa shape index (κ3) is 4.14. The van der Waals surface area contributed by atoms with E-state index in [1.165, 1.54) is 7.11 Å². The van der Waals surface area contributed by atoms with Gasteiger partial charge in [0, 0.05) is 12.2 Å². The molecule has 0 radical (unpaired) electrons. The molecule has 3 rings (SSSR count). The van der Waals surface area contributed by atoms with Crippen molar-refractivity contribution in [1.82, 2.24) is 15.0 Å². The number of anilines is 3. The Morgan fingerprint density at radius 1 is 1.31 bits per heavy atom. The molecular formula is C16H20N6O4. The minimum absolute atomic E-state index is 0.0211. The first-order valence-corrected chi connectivity index (χ1v) is 8.29. The van der Waals surface area contributed by atoms with Crippen molar-refractivity contribution in [2.45, 2.75) is 37.8 Å². The lowest BCUT2D eigenvalue weighted by Crippen LogP contribution is -2.29. The molecule has 0 aliphatic heterocycles. The predicted molar refractivity (Wildman–Crippen MR) is 94.6 cm³/mol. The Hall–Kier alpha value is -3.01. The van der Waals surface area contributed by atoms with E-state index in [1.54, 1.807) is 18.3 Å². The number of nitrogens with zero attached hydrogens (tertiary/aromatic N) is 4. The zero-order chi connectivity index (χ0) is 18.5. The van der Waals surface area contributed by atoms with Gasteiger partial charge >= 0.3 is 5.69 Å². The molecule has 2 aromatic heterocycles. The summed E-state index contributed by atoms with van der Waals surface area (Å²) in [6.45, 7) is 0. The Kier molecular flexibility index (Phi) is 5.42. The van der Waals surface area contributed by atoms with Crippen LogP contribution in [0.2, 0.25) is 0 Å². The van der Waals surface area contributed by atoms with Gasteiger partial charge in [0.15, 0.2) is 0 Å². The van der Waals surface area contributed by atoms with Crippen molar-refractivity contribution >= 4 is 23.1 Å². The first kappa shape index (κ1) is 17.8. The first-order chi connectivity index (χ1) is 12.6. The molecule has 2 aromatic rings. The first-order valence-electron chi connectivity index (χ1n) is 8.29. The van der Waals surface area contributed by atoms with Gasteiger partial charge < -0.3 is 20.5 Å². The minimum Gasteiger partial charge on any atom is -0.480 e. The van der Waals surface area contributed by atoms with Crippen LogP contribution in [-0.4, -0.2) is 44.2 Å². The van der Waals surface area contributed by atoms with Crippen LogP contribution in [0.1, 0.15) is 25.7 Å². The van der Waals surface area contributed by atoms with E-state index in [0.29, 0.717) is 24.4 Å². The number of aromatic nitrogens is 3. The molecule has 26 heavy (non-hydrogen) atoms. The molecule has 0 amide bonds. The second-order valence-corrected chi connectivity index (χ2v) is 6.02. The van der Waals surface area contributed by atoms with Gasteiger partial charge in [-0.15, -0.1) is 0 Å². The third-order valence-electron chi connectivity index (χ3n) is 4.21. The molecular weight excluding hydrogens is 340 g/mol. The van der Waals surface area contributed by atoms with E-state index in [0.717, 1.165) is 19.0 Å². The van der Waals surface area contributed by atoms with E-state index in [9.17, 15) is 15.2 Å². The fraction of sp³-hybridized carbons (Fsp3) is 0.438. The van der Waals surface area contributed by atoms with E-state index in [1.807, 2.05) is 0 Å². The van der Waals surface area contributed by atoms with Crippen molar-refractivity contribution in [1.29, 1.82) is 0 Å². The summed E-state index contributed by atoms with van der Waals surface area (Å²) in [5.74, 6) is 0.710. The molecule has 1 fully saturated rings. The Balaban J connectivity index is 1.83. The summed E-state index contributed by atoms with van der Waals surface area (Å²) in [4.78, 5) is 23.1. The largest absolute Gasteiger partial charge is 0.480 e. The highest BCUT2D eigenvalue weighted by molar-refractivity contribution is 5.63. The van der Waals surface area contributed by atoms with E-state index < -0.39 is 4.92 Å². The maximum absolute atomic E-state index is 11.3. The molecule has 0 aromatic carbocycles. The summed E-state index contributed by atoms with van der Waals surface area (Å²) in [5.41, 5.74) is 0.357. The zero-order valence-corrected chi connectivity index (χ0v) is 14.3. The van der Waals surface area contributed by atoms with Gasteiger partial charge in [0.25, 0.3) is 0 Å². The van der Waals surface area contributed by atoms with Crippen LogP contribution in [0.5, 0.6) is 5.88 Å². The molecule has 0 atom stereocenters. The zero-order valence-electron chi connectivity index (χ0n) is 14.3. The maximum Gasteiger partial charge on any atom is 0.329 e. The number of aliphatic hydroxyl groups is 1. The molecule has 2 heterocycles. The highest BCUT2D eigenvalue weighted by atomic mass is 16.6. The summed E-state index contributed by atoms with van der Waals surface area (Å²) in [5, 5.41) is 27.0. The average Bonchev–Trinajstić information content (AvgIpc) is 2.64. The molecule has 3 N–H and O–H groups in total. The lowest BCUT2D eigenvalue weighted by atomic mass is 9.93. The summed E-state index contributed by atoms with van der Waals surface area (Å²) in [6.07, 6.45) is 5.22. The number of nitrogens with one attached hydrogen (secondary N) is 2. The van der Waals surface area contributed by atoms with Gasteiger partial charge in [0.2, 0.25) is 17.6 Å². The molecule has 1 aliphatic carbocycles. The number of rotatable bonds is 6. The summed E-state index contributed by atoms with van der Waals surface area (Å²) >= 11 is 0. The molecule has 0 bridgehead atoms. The molecule has 0 saturated heterocycles. The normalized spacial score (nSPS) is 19.6. The standard InChI is InChI=1S/C16H20N6O4/c1-26-15-12(3-2-8-17-15)20-16-18-9-13(22(24)25)14(21-16)19-10-4-6-11(23)7-5-10/h2-3,8-11,23H,4-7H2,1H3,(H2,18,19,20,21). The smallest absolute Gasteiger partial charge is 0.329 e. The SMILES string of the molecule is COc1ncccc1Nc1ncc([N+](=O)[O-])c(NC2CCC(O)CC2)n1. The number of ether oxygens (including phenoxy) is 1. The van der Waals surface area contributed by atoms with E-state index in [4.69, 9.17) is 4.74 Å². The number of aliphatic hydroxyl groups excluding tert-OH is 1. The van der Waals surface area contributed by atoms with Gasteiger partial charge in [-0.2, -0.15) is 4.98 Å². The number of nitro groups is 1. The second-order valence-electron chi connectivity index (χ2n) is 6.02. The Bertz CT molecular complexity index is 779. The lowest BCUT2D eigenvalue weighted by Gasteiger charge is -2.26. The van der Waals surface area contributed by atoms with Crippen LogP contribution < -0.4 is 15.4 Å². The summed E-state index contributed by atoms with van der Waals surface area (Å²) in [7, 11) is 1.49. The van der Waals surface area contributed by atoms with Gasteiger partial charge in [0.05, 0.1) is 18.1 Å². The van der Waals surface area contributed by atoms with Crippen molar-refractivity contribution < 1.29 is 14.8 Å². The lowest BCUT2D eigenvalue weighted by molar-refractivity contribution is -0.384. The molecule has 0 unspecified atom stereocenters. The van der Waals surface area contributed by atoms with Gasteiger partial charge in [0.1, 0.15) is 11.9 Å². The van der Waals surface area contributed by atoms with Gasteiger partial charge in [-0.1, -0.05) is 0 Å². The Morgan fingerprint density at radius 2 is 2.08 bits per heavy atom. The molecule has 10 nitrogen and oxygen atoms in total. The number of hydrogen-bond donors (Lipinski definition) is 3. The molecule has 1 aliphatic rings. The van der Waals surface area contributed by atoms with Crippen molar-refractivity contribution in [3.63, 3.8) is 0 Å². The van der Waals surface area contributed by atoms with Crippen molar-refractivity contribution in [3.05, 3.63) is 34.6 Å². The van der Waals surface area contributed by atoms with E-state index in [-0.39, 0.29) is 29.6 Å². The monoisotopic (exact) mass is 360 g/mol. The number of pyridine rings is 1.